The van der Waals surface area contributed by atoms with E-state index in [9.17, 15) is 4.39 Å². The summed E-state index contributed by atoms with van der Waals surface area (Å²) in [6, 6.07) is 6.97. The highest BCUT2D eigenvalue weighted by atomic mass is 19.1. The molecule has 1 saturated heterocycles. The molecule has 0 bridgehead atoms. The van der Waals surface area contributed by atoms with Crippen molar-refractivity contribution in [1.82, 2.24) is 10.2 Å². The van der Waals surface area contributed by atoms with Crippen LogP contribution in [0.25, 0.3) is 0 Å². The van der Waals surface area contributed by atoms with Crippen molar-refractivity contribution in [3.05, 3.63) is 35.6 Å². The highest BCUT2D eigenvalue weighted by molar-refractivity contribution is 5.80. The maximum atomic E-state index is 14.1. The van der Waals surface area contributed by atoms with Gasteiger partial charge in [0.2, 0.25) is 0 Å². The molecular formula is C20H32FN3O2. The molecular weight excluding hydrogens is 333 g/mol. The second-order valence-corrected chi connectivity index (χ2v) is 7.43. The van der Waals surface area contributed by atoms with Crippen LogP contribution in [0, 0.1) is 11.7 Å². The number of guanidine groups is 1. The maximum Gasteiger partial charge on any atom is 0.193 e. The Bertz CT molecular complexity index is 592. The summed E-state index contributed by atoms with van der Waals surface area (Å²) in [4.78, 5) is 6.66. The van der Waals surface area contributed by atoms with Crippen LogP contribution in [0.2, 0.25) is 0 Å². The molecule has 1 aromatic carbocycles. The molecule has 0 radical (unpaired) electrons. The summed E-state index contributed by atoms with van der Waals surface area (Å²) in [6.07, 6.45) is 1.09. The van der Waals surface area contributed by atoms with Gasteiger partial charge in [-0.15, -0.1) is 0 Å². The summed E-state index contributed by atoms with van der Waals surface area (Å²) in [5.74, 6) is 1.21. The largest absolute Gasteiger partial charge is 0.382 e. The van der Waals surface area contributed by atoms with E-state index >= 15 is 0 Å². The molecule has 2 rings (SSSR count). The van der Waals surface area contributed by atoms with Gasteiger partial charge < -0.3 is 19.7 Å². The minimum Gasteiger partial charge on any atom is -0.382 e. The van der Waals surface area contributed by atoms with Crippen LogP contribution in [0.15, 0.2) is 29.3 Å². The molecule has 1 aromatic rings. The van der Waals surface area contributed by atoms with E-state index in [1.807, 2.05) is 26.0 Å². The van der Waals surface area contributed by atoms with E-state index in [1.54, 1.807) is 20.2 Å². The van der Waals surface area contributed by atoms with E-state index in [0.29, 0.717) is 31.2 Å². The minimum absolute atomic E-state index is 0.163. The van der Waals surface area contributed by atoms with E-state index in [4.69, 9.17) is 9.47 Å². The summed E-state index contributed by atoms with van der Waals surface area (Å²) >= 11 is 0. The average Bonchev–Trinajstić information content (AvgIpc) is 3.08. The first-order valence-corrected chi connectivity index (χ1v) is 9.25. The summed E-state index contributed by atoms with van der Waals surface area (Å²) in [7, 11) is 3.47. The van der Waals surface area contributed by atoms with Crippen LogP contribution in [-0.2, 0) is 14.9 Å². The van der Waals surface area contributed by atoms with Crippen molar-refractivity contribution in [3.8, 4) is 0 Å². The van der Waals surface area contributed by atoms with Gasteiger partial charge in [-0.2, -0.15) is 0 Å². The highest BCUT2D eigenvalue weighted by Gasteiger charge is 2.28. The standard InChI is InChI=1S/C20H32FN3O2/c1-20(2,17-7-5-6-8-18(17)21)15-23-19(22-3)24-10-9-16(13-24)14-26-12-11-25-4/h5-8,16H,9-15H2,1-4H3,(H,22,23). The van der Waals surface area contributed by atoms with Gasteiger partial charge in [-0.25, -0.2) is 4.39 Å². The molecule has 0 aliphatic carbocycles. The molecule has 1 N–H and O–H groups in total. The fourth-order valence-electron chi connectivity index (χ4n) is 3.29. The molecule has 1 unspecified atom stereocenters. The van der Waals surface area contributed by atoms with Crippen LogP contribution >= 0.6 is 0 Å². The minimum atomic E-state index is -0.330. The normalized spacial score (nSPS) is 18.4. The Hall–Kier alpha value is -1.66. The van der Waals surface area contributed by atoms with Gasteiger partial charge in [-0.05, 0) is 18.1 Å². The van der Waals surface area contributed by atoms with Crippen molar-refractivity contribution in [1.29, 1.82) is 0 Å². The third-order valence-corrected chi connectivity index (χ3v) is 4.87. The summed E-state index contributed by atoms with van der Waals surface area (Å²) in [5, 5.41) is 3.42. The lowest BCUT2D eigenvalue weighted by Gasteiger charge is -2.29. The van der Waals surface area contributed by atoms with Gasteiger partial charge in [0, 0.05) is 45.1 Å². The number of aliphatic imine (C=N–C) groups is 1. The molecule has 1 aliphatic heterocycles. The average molecular weight is 365 g/mol. The first kappa shape index (κ1) is 20.6. The maximum absolute atomic E-state index is 14.1. The van der Waals surface area contributed by atoms with Crippen LogP contribution in [0.3, 0.4) is 0 Å². The van der Waals surface area contributed by atoms with Crippen molar-refractivity contribution in [2.24, 2.45) is 10.9 Å². The van der Waals surface area contributed by atoms with Crippen molar-refractivity contribution >= 4 is 5.96 Å². The summed E-state index contributed by atoms with van der Waals surface area (Å²) in [6.45, 7) is 8.60. The topological polar surface area (TPSA) is 46.1 Å². The third kappa shape index (κ3) is 5.68. The van der Waals surface area contributed by atoms with Gasteiger partial charge in [0.25, 0.3) is 0 Å². The number of hydrogen-bond acceptors (Lipinski definition) is 3. The number of nitrogens with zero attached hydrogens (tertiary/aromatic N) is 2. The molecule has 26 heavy (non-hydrogen) atoms. The monoisotopic (exact) mass is 365 g/mol. The molecule has 5 nitrogen and oxygen atoms in total. The van der Waals surface area contributed by atoms with Crippen molar-refractivity contribution in [2.45, 2.75) is 25.7 Å². The van der Waals surface area contributed by atoms with E-state index in [2.05, 4.69) is 15.2 Å². The van der Waals surface area contributed by atoms with E-state index < -0.39 is 0 Å². The summed E-state index contributed by atoms with van der Waals surface area (Å²) in [5.41, 5.74) is 0.387. The number of hydrogen-bond donors (Lipinski definition) is 1. The van der Waals surface area contributed by atoms with Crippen LogP contribution in [0.4, 0.5) is 4.39 Å². The molecule has 0 saturated carbocycles. The SMILES string of the molecule is CN=C(NCC(C)(C)c1ccccc1F)N1CCC(COCCOC)C1. The number of rotatable bonds is 8. The lowest BCUT2D eigenvalue weighted by atomic mass is 9.84. The molecule has 1 fully saturated rings. The van der Waals surface area contributed by atoms with Gasteiger partial charge in [0.05, 0.1) is 19.8 Å². The Morgan fingerprint density at radius 1 is 1.35 bits per heavy atom. The summed E-state index contributed by atoms with van der Waals surface area (Å²) < 4.78 is 24.8. The van der Waals surface area contributed by atoms with Gasteiger partial charge in [0.15, 0.2) is 5.96 Å². The number of benzene rings is 1. The number of ether oxygens (including phenoxy) is 2. The molecule has 1 atom stereocenters. The van der Waals surface area contributed by atoms with Crippen molar-refractivity contribution in [2.75, 3.05) is 53.6 Å². The number of nitrogens with one attached hydrogen (secondary N) is 1. The first-order chi connectivity index (χ1) is 12.5. The fraction of sp³-hybridized carbons (Fsp3) is 0.650. The predicted molar refractivity (Wildman–Crippen MR) is 103 cm³/mol. The molecule has 6 heteroatoms. The second-order valence-electron chi connectivity index (χ2n) is 7.43. The molecule has 1 heterocycles. The van der Waals surface area contributed by atoms with E-state index in [0.717, 1.165) is 32.1 Å². The lowest BCUT2D eigenvalue weighted by Crippen LogP contribution is -2.45. The second kappa shape index (κ2) is 9.88. The smallest absolute Gasteiger partial charge is 0.193 e. The zero-order valence-electron chi connectivity index (χ0n) is 16.4. The van der Waals surface area contributed by atoms with Crippen LogP contribution in [0.1, 0.15) is 25.8 Å². The Kier molecular flexibility index (Phi) is 7.85. The zero-order valence-corrected chi connectivity index (χ0v) is 16.4. The molecule has 0 amide bonds. The van der Waals surface area contributed by atoms with Crippen molar-refractivity contribution in [3.63, 3.8) is 0 Å². The number of likely N-dealkylation sites (tertiary alicyclic amines) is 1. The van der Waals surface area contributed by atoms with Crippen LogP contribution in [-0.4, -0.2) is 64.5 Å². The van der Waals surface area contributed by atoms with Gasteiger partial charge in [-0.1, -0.05) is 32.0 Å². The number of halogens is 1. The molecule has 1 aliphatic rings. The fourth-order valence-corrected chi connectivity index (χ4v) is 3.29. The Morgan fingerprint density at radius 2 is 2.12 bits per heavy atom. The Balaban J connectivity index is 1.85. The highest BCUT2D eigenvalue weighted by Crippen LogP contribution is 2.25. The van der Waals surface area contributed by atoms with Crippen LogP contribution in [0.5, 0.6) is 0 Å². The van der Waals surface area contributed by atoms with Crippen LogP contribution < -0.4 is 5.32 Å². The zero-order chi connectivity index (χ0) is 19.0. The molecule has 146 valence electrons. The Labute approximate surface area is 156 Å². The third-order valence-electron chi connectivity index (χ3n) is 4.87. The van der Waals surface area contributed by atoms with Gasteiger partial charge >= 0.3 is 0 Å². The van der Waals surface area contributed by atoms with Gasteiger partial charge in [-0.3, -0.25) is 4.99 Å². The van der Waals surface area contributed by atoms with E-state index in [-0.39, 0.29) is 11.2 Å². The molecule has 0 aromatic heterocycles. The van der Waals surface area contributed by atoms with Gasteiger partial charge in [0.1, 0.15) is 5.82 Å². The first-order valence-electron chi connectivity index (χ1n) is 9.25. The predicted octanol–water partition coefficient (Wildman–Crippen LogP) is 2.66. The van der Waals surface area contributed by atoms with E-state index in [1.165, 1.54) is 6.07 Å². The number of methoxy groups -OCH3 is 1. The molecule has 0 spiro atoms. The lowest BCUT2D eigenvalue weighted by molar-refractivity contribution is 0.0536. The Morgan fingerprint density at radius 3 is 2.81 bits per heavy atom. The quantitative estimate of drug-likeness (QED) is 0.437. The van der Waals surface area contributed by atoms with Crippen molar-refractivity contribution < 1.29 is 13.9 Å².